The molecule has 0 aliphatic heterocycles. The molecule has 0 unspecified atom stereocenters. The molecular formula is C19H17N7O2. The van der Waals surface area contributed by atoms with E-state index in [1.807, 2.05) is 54.6 Å². The number of aromatic amines is 1. The van der Waals surface area contributed by atoms with Crippen molar-refractivity contribution in [2.24, 2.45) is 0 Å². The minimum absolute atomic E-state index is 0.202. The summed E-state index contributed by atoms with van der Waals surface area (Å²) in [6, 6.07) is 16.7. The first-order chi connectivity index (χ1) is 13.7. The molecule has 140 valence electrons. The smallest absolute Gasteiger partial charge is 0.273 e. The predicted molar refractivity (Wildman–Crippen MR) is 102 cm³/mol. The van der Waals surface area contributed by atoms with Crippen LogP contribution in [0.15, 0.2) is 60.8 Å². The minimum Gasteiger partial charge on any atom is -0.349 e. The molecular weight excluding hydrogens is 358 g/mol. The average Bonchev–Trinajstić information content (AvgIpc) is 3.39. The first-order valence-electron chi connectivity index (χ1n) is 8.69. The van der Waals surface area contributed by atoms with Gasteiger partial charge in [0.1, 0.15) is 0 Å². The third kappa shape index (κ3) is 3.58. The van der Waals surface area contributed by atoms with E-state index in [1.165, 1.54) is 11.0 Å². The highest BCUT2D eigenvalue weighted by Gasteiger charge is 2.14. The minimum atomic E-state index is -0.360. The highest BCUT2D eigenvalue weighted by atomic mass is 16.2. The zero-order valence-corrected chi connectivity index (χ0v) is 14.8. The number of benzene rings is 2. The van der Waals surface area contributed by atoms with E-state index in [1.54, 1.807) is 0 Å². The van der Waals surface area contributed by atoms with Gasteiger partial charge >= 0.3 is 0 Å². The van der Waals surface area contributed by atoms with Gasteiger partial charge in [0.15, 0.2) is 11.4 Å². The van der Waals surface area contributed by atoms with Gasteiger partial charge in [-0.25, -0.2) is 0 Å². The van der Waals surface area contributed by atoms with Crippen molar-refractivity contribution in [2.75, 3.05) is 13.1 Å². The third-order valence-electron chi connectivity index (χ3n) is 4.09. The first-order valence-corrected chi connectivity index (χ1v) is 8.69. The van der Waals surface area contributed by atoms with Gasteiger partial charge in [0.25, 0.3) is 11.8 Å². The van der Waals surface area contributed by atoms with Gasteiger partial charge in [-0.3, -0.25) is 14.7 Å². The fraction of sp³-hybridized carbons (Fsp3) is 0.105. The number of fused-ring (bicyclic) bond motifs is 1. The van der Waals surface area contributed by atoms with Crippen molar-refractivity contribution in [3.63, 3.8) is 0 Å². The van der Waals surface area contributed by atoms with Crippen LogP contribution in [0.5, 0.6) is 0 Å². The monoisotopic (exact) mass is 375 g/mol. The SMILES string of the molecule is O=C(NCCNC(=O)c1n[nH]c2ccccc12)c1cnn(-c2ccccc2)n1. The highest BCUT2D eigenvalue weighted by molar-refractivity contribution is 6.04. The molecule has 9 nitrogen and oxygen atoms in total. The van der Waals surface area contributed by atoms with Crippen LogP contribution in [0, 0.1) is 0 Å². The number of carbonyl (C=O) groups is 2. The normalized spacial score (nSPS) is 10.7. The lowest BCUT2D eigenvalue weighted by Gasteiger charge is -2.05. The molecule has 2 aromatic heterocycles. The lowest BCUT2D eigenvalue weighted by atomic mass is 10.2. The molecule has 0 aliphatic carbocycles. The molecule has 2 heterocycles. The van der Waals surface area contributed by atoms with Crippen LogP contribution in [0.2, 0.25) is 0 Å². The molecule has 3 N–H and O–H groups in total. The number of carbonyl (C=O) groups excluding carboxylic acids is 2. The van der Waals surface area contributed by atoms with Gasteiger partial charge in [0, 0.05) is 18.5 Å². The Balaban J connectivity index is 1.29. The van der Waals surface area contributed by atoms with Crippen LogP contribution < -0.4 is 10.6 Å². The Kier molecular flexibility index (Phi) is 4.79. The molecule has 0 radical (unpaired) electrons. The molecule has 0 saturated heterocycles. The Morgan fingerprint density at radius 1 is 0.929 bits per heavy atom. The van der Waals surface area contributed by atoms with Crippen LogP contribution >= 0.6 is 0 Å². The number of nitrogens with one attached hydrogen (secondary N) is 3. The number of hydrogen-bond donors (Lipinski definition) is 3. The van der Waals surface area contributed by atoms with Crippen LogP contribution in [0.4, 0.5) is 0 Å². The third-order valence-corrected chi connectivity index (χ3v) is 4.09. The molecule has 0 atom stereocenters. The molecule has 0 bridgehead atoms. The van der Waals surface area contributed by atoms with Crippen LogP contribution in [0.25, 0.3) is 16.6 Å². The summed E-state index contributed by atoms with van der Waals surface area (Å²) in [7, 11) is 0. The van der Waals surface area contributed by atoms with Gasteiger partial charge in [0.05, 0.1) is 17.4 Å². The van der Waals surface area contributed by atoms with Crippen LogP contribution in [-0.4, -0.2) is 50.1 Å². The number of H-pyrrole nitrogens is 1. The molecule has 4 rings (SSSR count). The second kappa shape index (κ2) is 7.70. The maximum Gasteiger partial charge on any atom is 0.273 e. The van der Waals surface area contributed by atoms with Crippen molar-refractivity contribution in [3.05, 3.63) is 72.2 Å². The molecule has 0 fully saturated rings. The molecule has 2 aromatic carbocycles. The summed E-state index contributed by atoms with van der Waals surface area (Å²) < 4.78 is 0. The maximum absolute atomic E-state index is 12.3. The summed E-state index contributed by atoms with van der Waals surface area (Å²) in [5, 5.41) is 21.3. The number of hydrogen-bond acceptors (Lipinski definition) is 5. The van der Waals surface area contributed by atoms with Gasteiger partial charge in [0.2, 0.25) is 0 Å². The molecule has 4 aromatic rings. The number of nitrogens with zero attached hydrogens (tertiary/aromatic N) is 4. The Labute approximate surface area is 159 Å². The Hall–Kier alpha value is -4.01. The zero-order valence-electron chi connectivity index (χ0n) is 14.8. The summed E-state index contributed by atoms with van der Waals surface area (Å²) in [6.07, 6.45) is 1.40. The summed E-state index contributed by atoms with van der Waals surface area (Å²) in [5.74, 6) is -0.664. The fourth-order valence-electron chi connectivity index (χ4n) is 2.72. The Morgan fingerprint density at radius 2 is 1.64 bits per heavy atom. The van der Waals surface area contributed by atoms with Gasteiger partial charge in [-0.15, -0.1) is 5.10 Å². The summed E-state index contributed by atoms with van der Waals surface area (Å²) >= 11 is 0. The van der Waals surface area contributed by atoms with Gasteiger partial charge in [-0.2, -0.15) is 15.0 Å². The van der Waals surface area contributed by atoms with E-state index in [0.29, 0.717) is 5.69 Å². The molecule has 2 amide bonds. The second-order valence-corrected chi connectivity index (χ2v) is 5.98. The zero-order chi connectivity index (χ0) is 19.3. The van der Waals surface area contributed by atoms with Gasteiger partial charge in [-0.05, 0) is 18.2 Å². The van der Waals surface area contributed by atoms with E-state index >= 15 is 0 Å². The van der Waals surface area contributed by atoms with E-state index in [0.717, 1.165) is 16.6 Å². The molecule has 28 heavy (non-hydrogen) atoms. The van der Waals surface area contributed by atoms with Crippen molar-refractivity contribution >= 4 is 22.7 Å². The number of amides is 2. The van der Waals surface area contributed by atoms with E-state index in [9.17, 15) is 9.59 Å². The Morgan fingerprint density at radius 3 is 2.46 bits per heavy atom. The fourth-order valence-corrected chi connectivity index (χ4v) is 2.72. The summed E-state index contributed by atoms with van der Waals surface area (Å²) in [4.78, 5) is 25.8. The van der Waals surface area contributed by atoms with Crippen LogP contribution in [0.1, 0.15) is 21.0 Å². The van der Waals surface area contributed by atoms with Crippen molar-refractivity contribution in [2.45, 2.75) is 0 Å². The standard InChI is InChI=1S/C19H17N7O2/c27-18(16-12-22-26(25-16)13-6-2-1-3-7-13)20-10-11-21-19(28)17-14-8-4-5-9-15(14)23-24-17/h1-9,12H,10-11H2,(H,20,27)(H,21,28)(H,23,24). The molecule has 0 spiro atoms. The van der Waals surface area contributed by atoms with Crippen molar-refractivity contribution < 1.29 is 9.59 Å². The molecule has 9 heteroatoms. The van der Waals surface area contributed by atoms with Gasteiger partial charge < -0.3 is 10.6 Å². The van der Waals surface area contributed by atoms with Crippen molar-refractivity contribution in [3.8, 4) is 5.69 Å². The number of aromatic nitrogens is 5. The Bertz CT molecular complexity index is 1120. The topological polar surface area (TPSA) is 118 Å². The summed E-state index contributed by atoms with van der Waals surface area (Å²) in [5.41, 5.74) is 2.09. The van der Waals surface area contributed by atoms with E-state index < -0.39 is 0 Å². The first kappa shape index (κ1) is 17.4. The predicted octanol–water partition coefficient (Wildman–Crippen LogP) is 1.30. The lowest BCUT2D eigenvalue weighted by molar-refractivity contribution is 0.0923. The average molecular weight is 375 g/mol. The van der Waals surface area contributed by atoms with Crippen molar-refractivity contribution in [1.82, 2.24) is 35.8 Å². The lowest BCUT2D eigenvalue weighted by Crippen LogP contribution is -2.35. The van der Waals surface area contributed by atoms with Gasteiger partial charge in [-0.1, -0.05) is 36.4 Å². The quantitative estimate of drug-likeness (QED) is 0.439. The second-order valence-electron chi connectivity index (χ2n) is 5.98. The number of rotatable bonds is 6. The van der Waals surface area contributed by atoms with Crippen LogP contribution in [-0.2, 0) is 0 Å². The summed E-state index contributed by atoms with van der Waals surface area (Å²) in [6.45, 7) is 0.518. The number of para-hydroxylation sites is 2. The van der Waals surface area contributed by atoms with E-state index in [-0.39, 0.29) is 30.6 Å². The van der Waals surface area contributed by atoms with E-state index in [4.69, 9.17) is 0 Å². The van der Waals surface area contributed by atoms with Crippen molar-refractivity contribution in [1.29, 1.82) is 0 Å². The highest BCUT2D eigenvalue weighted by Crippen LogP contribution is 2.14. The largest absolute Gasteiger partial charge is 0.349 e. The maximum atomic E-state index is 12.3. The molecule has 0 aliphatic rings. The molecule has 0 saturated carbocycles. The van der Waals surface area contributed by atoms with Crippen LogP contribution in [0.3, 0.4) is 0 Å². The van der Waals surface area contributed by atoms with E-state index in [2.05, 4.69) is 31.0 Å².